The Bertz CT molecular complexity index is 923. The lowest BCUT2D eigenvalue weighted by Crippen LogP contribution is -2.31. The second-order valence-corrected chi connectivity index (χ2v) is 6.96. The molecule has 0 aliphatic carbocycles. The van der Waals surface area contributed by atoms with Gasteiger partial charge in [0.15, 0.2) is 0 Å². The van der Waals surface area contributed by atoms with E-state index < -0.39 is 17.3 Å². The Morgan fingerprint density at radius 1 is 1.00 bits per heavy atom. The van der Waals surface area contributed by atoms with Gasteiger partial charge in [0.1, 0.15) is 6.29 Å². The van der Waals surface area contributed by atoms with E-state index in [0.29, 0.717) is 25.1 Å². The normalized spacial score (nSPS) is 12.5. The molecule has 0 aliphatic heterocycles. The molecule has 7 nitrogen and oxygen atoms in total. The molecule has 0 radical (unpaired) electrons. The fourth-order valence-corrected chi connectivity index (χ4v) is 3.31. The van der Waals surface area contributed by atoms with Crippen molar-refractivity contribution in [3.8, 4) is 0 Å². The molecule has 1 unspecified atom stereocenters. The van der Waals surface area contributed by atoms with E-state index in [1.807, 2.05) is 13.8 Å². The maximum atomic E-state index is 12.5. The summed E-state index contributed by atoms with van der Waals surface area (Å²) >= 11 is 0. The first kappa shape index (κ1) is 22.8. The van der Waals surface area contributed by atoms with Crippen LogP contribution in [0.25, 0.3) is 0 Å². The molecule has 7 heteroatoms. The number of carboxylic acids is 1. The Hall–Kier alpha value is -3.48. The fourth-order valence-electron chi connectivity index (χ4n) is 3.31. The second kappa shape index (κ2) is 10.3. The molecular weight excluding hydrogens is 384 g/mol. The van der Waals surface area contributed by atoms with Gasteiger partial charge in [-0.2, -0.15) is 0 Å². The van der Waals surface area contributed by atoms with E-state index in [2.05, 4.69) is 10.6 Å². The molecule has 0 aromatic heterocycles. The second-order valence-electron chi connectivity index (χ2n) is 6.96. The van der Waals surface area contributed by atoms with Crippen molar-refractivity contribution in [2.24, 2.45) is 0 Å². The van der Waals surface area contributed by atoms with Gasteiger partial charge in [0.2, 0.25) is 5.91 Å². The lowest BCUT2D eigenvalue weighted by Gasteiger charge is -2.27. The number of carbonyl (C=O) groups excluding carboxylic acids is 3. The molecule has 2 aromatic rings. The maximum absolute atomic E-state index is 12.5. The molecule has 0 fully saturated rings. The van der Waals surface area contributed by atoms with E-state index in [1.54, 1.807) is 36.4 Å². The highest BCUT2D eigenvalue weighted by atomic mass is 16.4. The Balaban J connectivity index is 2.18. The van der Waals surface area contributed by atoms with Gasteiger partial charge in [0.25, 0.3) is 5.91 Å². The Morgan fingerprint density at radius 2 is 1.63 bits per heavy atom. The van der Waals surface area contributed by atoms with Crippen molar-refractivity contribution in [1.82, 2.24) is 5.32 Å². The third-order valence-corrected chi connectivity index (χ3v) is 5.15. The third kappa shape index (κ3) is 5.31. The van der Waals surface area contributed by atoms with Crippen LogP contribution in [0.5, 0.6) is 0 Å². The van der Waals surface area contributed by atoms with E-state index in [4.69, 9.17) is 0 Å². The van der Waals surface area contributed by atoms with Crippen LogP contribution in [0.2, 0.25) is 0 Å². The Morgan fingerprint density at radius 3 is 2.17 bits per heavy atom. The predicted octanol–water partition coefficient (Wildman–Crippen LogP) is 3.40. The summed E-state index contributed by atoms with van der Waals surface area (Å²) in [4.78, 5) is 47.5. The number of amides is 2. The minimum Gasteiger partial charge on any atom is -0.478 e. The van der Waals surface area contributed by atoms with Gasteiger partial charge in [-0.15, -0.1) is 0 Å². The number of carboxylic acid groups (broad SMARTS) is 1. The van der Waals surface area contributed by atoms with E-state index in [1.165, 1.54) is 12.1 Å². The summed E-state index contributed by atoms with van der Waals surface area (Å²) in [6, 6.07) is 12.8. The molecule has 2 amide bonds. The van der Waals surface area contributed by atoms with Gasteiger partial charge in [-0.1, -0.05) is 31.2 Å². The average molecular weight is 410 g/mol. The van der Waals surface area contributed by atoms with Crippen LogP contribution in [0.1, 0.15) is 59.4 Å². The topological polar surface area (TPSA) is 113 Å². The molecule has 0 bridgehead atoms. The van der Waals surface area contributed by atoms with Crippen LogP contribution in [0.15, 0.2) is 48.5 Å². The van der Waals surface area contributed by atoms with Crippen LogP contribution in [0, 0.1) is 0 Å². The molecule has 0 spiro atoms. The van der Waals surface area contributed by atoms with Gasteiger partial charge in [0, 0.05) is 18.7 Å². The van der Waals surface area contributed by atoms with Crippen molar-refractivity contribution < 1.29 is 24.3 Å². The van der Waals surface area contributed by atoms with Gasteiger partial charge in [0.05, 0.1) is 16.5 Å². The number of nitrogens with one attached hydrogen (secondary N) is 2. The summed E-state index contributed by atoms with van der Waals surface area (Å²) < 4.78 is 0. The number of carbonyl (C=O) groups is 4. The molecule has 3 N–H and O–H groups in total. The monoisotopic (exact) mass is 410 g/mol. The summed E-state index contributed by atoms with van der Waals surface area (Å²) in [7, 11) is 0. The first-order chi connectivity index (χ1) is 14.4. The minimum absolute atomic E-state index is 0.0619. The van der Waals surface area contributed by atoms with Crippen LogP contribution >= 0.6 is 0 Å². The van der Waals surface area contributed by atoms with Gasteiger partial charge in [-0.3, -0.25) is 9.59 Å². The molecule has 0 saturated carbocycles. The molecule has 2 aromatic carbocycles. The molecule has 0 heterocycles. The van der Waals surface area contributed by atoms with Crippen LogP contribution in [-0.2, 0) is 15.0 Å². The van der Waals surface area contributed by atoms with E-state index in [9.17, 15) is 24.3 Å². The van der Waals surface area contributed by atoms with Crippen LogP contribution in [-0.4, -0.2) is 35.7 Å². The lowest BCUT2D eigenvalue weighted by atomic mass is 9.75. The summed E-state index contributed by atoms with van der Waals surface area (Å²) in [5.41, 5.74) is 0.426. The number of anilines is 1. The highest BCUT2D eigenvalue weighted by Gasteiger charge is 2.30. The number of rotatable bonds is 10. The van der Waals surface area contributed by atoms with Crippen molar-refractivity contribution >= 4 is 29.8 Å². The first-order valence-corrected chi connectivity index (χ1v) is 9.84. The van der Waals surface area contributed by atoms with E-state index in [-0.39, 0.29) is 23.5 Å². The van der Waals surface area contributed by atoms with Crippen molar-refractivity contribution in [3.63, 3.8) is 0 Å². The summed E-state index contributed by atoms with van der Waals surface area (Å²) in [5, 5.41) is 14.7. The number of hydrogen-bond acceptors (Lipinski definition) is 4. The predicted molar refractivity (Wildman–Crippen MR) is 114 cm³/mol. The molecular formula is C23H26N2O5. The molecule has 0 saturated heterocycles. The smallest absolute Gasteiger partial charge is 0.336 e. The number of aromatic carboxylic acids is 1. The molecule has 1 atom stereocenters. The minimum atomic E-state index is -1.18. The quantitative estimate of drug-likeness (QED) is 0.520. The van der Waals surface area contributed by atoms with E-state index in [0.717, 1.165) is 11.8 Å². The number of benzene rings is 2. The van der Waals surface area contributed by atoms with Crippen molar-refractivity contribution in [1.29, 1.82) is 0 Å². The van der Waals surface area contributed by atoms with Crippen LogP contribution < -0.4 is 10.6 Å². The molecule has 0 aliphatic rings. The highest BCUT2D eigenvalue weighted by molar-refractivity contribution is 6.10. The lowest BCUT2D eigenvalue weighted by molar-refractivity contribution is -0.121. The summed E-state index contributed by atoms with van der Waals surface area (Å²) in [6.45, 7) is 4.27. The molecule has 2 rings (SSSR count). The van der Waals surface area contributed by atoms with Crippen molar-refractivity contribution in [3.05, 3.63) is 65.2 Å². The van der Waals surface area contributed by atoms with Gasteiger partial charge in [-0.05, 0) is 49.6 Å². The zero-order valence-electron chi connectivity index (χ0n) is 17.1. The third-order valence-electron chi connectivity index (χ3n) is 5.15. The Kier molecular flexibility index (Phi) is 7.86. The first-order valence-electron chi connectivity index (χ1n) is 9.84. The van der Waals surface area contributed by atoms with E-state index >= 15 is 0 Å². The SMILES string of the molecule is CCNC(=O)CCC(C=O)(CC)c1ccc(NC(=O)c2ccccc2C(=O)O)cc1. The van der Waals surface area contributed by atoms with Crippen molar-refractivity contribution in [2.75, 3.05) is 11.9 Å². The van der Waals surface area contributed by atoms with Gasteiger partial charge < -0.3 is 20.5 Å². The van der Waals surface area contributed by atoms with Gasteiger partial charge >= 0.3 is 5.97 Å². The zero-order chi connectivity index (χ0) is 22.1. The van der Waals surface area contributed by atoms with Crippen molar-refractivity contribution in [2.45, 2.75) is 38.5 Å². The number of aldehydes is 1. The fraction of sp³-hybridized carbons (Fsp3) is 0.304. The highest BCUT2D eigenvalue weighted by Crippen LogP contribution is 2.32. The summed E-state index contributed by atoms with van der Waals surface area (Å²) in [6.07, 6.45) is 2.04. The van der Waals surface area contributed by atoms with Crippen LogP contribution in [0.4, 0.5) is 5.69 Å². The van der Waals surface area contributed by atoms with Gasteiger partial charge in [-0.25, -0.2) is 4.79 Å². The molecule has 158 valence electrons. The standard InChI is InChI=1S/C23H26N2O5/c1-3-23(15-26,14-13-20(27)24-4-2)16-9-11-17(12-10-16)25-21(28)18-7-5-6-8-19(18)22(29)30/h5-12,15H,3-4,13-14H2,1-2H3,(H,24,27)(H,25,28)(H,29,30). The summed E-state index contributed by atoms with van der Waals surface area (Å²) in [5.74, 6) is -1.81. The van der Waals surface area contributed by atoms with Crippen LogP contribution in [0.3, 0.4) is 0 Å². The maximum Gasteiger partial charge on any atom is 0.336 e. The number of hydrogen-bond donors (Lipinski definition) is 3. The Labute approximate surface area is 175 Å². The molecule has 30 heavy (non-hydrogen) atoms. The zero-order valence-corrected chi connectivity index (χ0v) is 17.1. The largest absolute Gasteiger partial charge is 0.478 e. The average Bonchev–Trinajstić information content (AvgIpc) is 2.76.